The maximum absolute atomic E-state index is 8.25. The summed E-state index contributed by atoms with van der Waals surface area (Å²) in [7, 11) is 0. The van der Waals surface area contributed by atoms with Gasteiger partial charge in [0, 0.05) is 44.8 Å². The van der Waals surface area contributed by atoms with Gasteiger partial charge in [0.15, 0.2) is 0 Å². The van der Waals surface area contributed by atoms with Crippen molar-refractivity contribution < 1.29 is 68.5 Å². The molecule has 0 aliphatic heterocycles. The van der Waals surface area contributed by atoms with Crippen LogP contribution in [0, 0.1) is 0 Å². The van der Waals surface area contributed by atoms with E-state index in [1.807, 2.05) is 0 Å². The minimum Gasteiger partial charge on any atom is 0 e. The van der Waals surface area contributed by atoms with Gasteiger partial charge >= 0.3 is 23.7 Å². The third-order valence-corrected chi connectivity index (χ3v) is 0. The van der Waals surface area contributed by atoms with Gasteiger partial charge in [-0.1, -0.05) is 0 Å². The molecule has 0 N–H and O–H groups in total. The van der Waals surface area contributed by atoms with E-state index in [-0.39, 0.29) is 44.8 Å². The molecule has 1 nitrogen and oxygen atoms in total. The maximum atomic E-state index is 8.25. The second-order valence-corrected chi connectivity index (χ2v) is 0. The molecule has 0 spiro atoms. The Morgan fingerprint density at radius 3 is 1.25 bits per heavy atom. The molecule has 0 amide bonds. The monoisotopic (exact) mass is 338 g/mol. The molecule has 4 heavy (non-hydrogen) atoms. The van der Waals surface area contributed by atoms with E-state index >= 15 is 0 Å². The average Bonchev–Trinajstić information content (AvgIpc) is 1.00. The molecule has 0 aromatic heterocycles. The fourth-order valence-corrected chi connectivity index (χ4v) is 0. The third-order valence-electron chi connectivity index (χ3n) is 0. The average molecular weight is 338 g/mol. The third kappa shape index (κ3) is 9.00. The summed E-state index contributed by atoms with van der Waals surface area (Å²) in [5.41, 5.74) is 0. The van der Waals surface area contributed by atoms with E-state index in [2.05, 4.69) is 0 Å². The smallest absolute Gasteiger partial charge is 0 e. The van der Waals surface area contributed by atoms with Gasteiger partial charge in [-0.05, 0) is 0 Å². The Kier molecular flexibility index (Phi) is 83.5. The van der Waals surface area contributed by atoms with Gasteiger partial charge in [0.1, 0.15) is 0 Å². The molecule has 2 radical (unpaired) electrons. The van der Waals surface area contributed by atoms with Crippen molar-refractivity contribution in [3.05, 3.63) is 0 Å². The summed E-state index contributed by atoms with van der Waals surface area (Å²) in [4.78, 5) is 0. The van der Waals surface area contributed by atoms with Gasteiger partial charge in [0.2, 0.25) is 0 Å². The van der Waals surface area contributed by atoms with Gasteiger partial charge in [0.05, 0.1) is 0 Å². The maximum Gasteiger partial charge on any atom is 0 e. The van der Waals surface area contributed by atoms with E-state index in [1.54, 1.807) is 0 Å². The van der Waals surface area contributed by atoms with E-state index in [0.717, 1.165) is 20.4 Å². The van der Waals surface area contributed by atoms with Crippen LogP contribution in [-0.4, -0.2) is 0 Å². The molecule has 0 saturated carbocycles. The van der Waals surface area contributed by atoms with Crippen molar-refractivity contribution in [3.63, 3.8) is 0 Å². The Labute approximate surface area is 67.7 Å². The summed E-state index contributed by atoms with van der Waals surface area (Å²) in [6.07, 6.45) is 0. The molecule has 0 fully saturated rings. The standard InChI is InChI=1S/Nb.O.Ta.Ti. The Hall–Kier alpha value is 1.99. The van der Waals surface area contributed by atoms with E-state index in [9.17, 15) is 0 Å². The molecular weight excluding hydrogens is 338 g/mol. The first kappa shape index (κ1) is 16.7. The molecule has 0 unspecified atom stereocenters. The summed E-state index contributed by atoms with van der Waals surface area (Å²) in [5, 5.41) is 0. The Morgan fingerprint density at radius 2 is 1.25 bits per heavy atom. The molecule has 0 rings (SSSR count). The van der Waals surface area contributed by atoms with Crippen LogP contribution in [0.2, 0.25) is 0 Å². The molecule has 4 heteroatoms. The first-order valence-electron chi connectivity index (χ1n) is 0.204. The van der Waals surface area contributed by atoms with Crippen molar-refractivity contribution in [1.29, 1.82) is 0 Å². The molecule has 20 valence electrons. The van der Waals surface area contributed by atoms with Crippen molar-refractivity contribution in [2.75, 3.05) is 0 Å². The van der Waals surface area contributed by atoms with Gasteiger partial charge in [-0.3, -0.25) is 0 Å². The largest absolute Gasteiger partial charge is 0 e. The van der Waals surface area contributed by atoms with Crippen LogP contribution in [0.3, 0.4) is 0 Å². The molecular formula is NbOTaTi. The summed E-state index contributed by atoms with van der Waals surface area (Å²) in [5.74, 6) is 0. The van der Waals surface area contributed by atoms with Crippen molar-refractivity contribution >= 4 is 0 Å². The molecule has 0 aliphatic carbocycles. The second kappa shape index (κ2) is 20.0. The van der Waals surface area contributed by atoms with Crippen molar-refractivity contribution in [1.82, 2.24) is 0 Å². The fourth-order valence-electron chi connectivity index (χ4n) is 0. The molecule has 0 aliphatic rings. The van der Waals surface area contributed by atoms with Crippen LogP contribution in [0.4, 0.5) is 0 Å². The van der Waals surface area contributed by atoms with Crippen LogP contribution in [0.5, 0.6) is 0 Å². The number of rotatable bonds is 0. The Bertz CT molecular complexity index is 8.00. The van der Waals surface area contributed by atoms with Gasteiger partial charge < -0.3 is 0 Å². The quantitative estimate of drug-likeness (QED) is 0.563. The SMILES string of the molecule is [Nb].[O]=[Ti].[Ta]. The molecule has 0 atom stereocenters. The Morgan fingerprint density at radius 1 is 1.25 bits per heavy atom. The first-order valence-corrected chi connectivity index (χ1v) is 0.842. The van der Waals surface area contributed by atoms with E-state index < -0.39 is 0 Å². The summed E-state index contributed by atoms with van der Waals surface area (Å²) in [6, 6.07) is 0. The zero-order valence-corrected chi connectivity index (χ0v) is 8.78. The predicted octanol–water partition coefficient (Wildman–Crippen LogP) is -0.126. The molecule has 0 aromatic carbocycles. The van der Waals surface area contributed by atoms with Crippen molar-refractivity contribution in [2.45, 2.75) is 0 Å². The van der Waals surface area contributed by atoms with Crippen LogP contribution in [0.15, 0.2) is 0 Å². The normalized spacial score (nSPS) is 0.750. The molecule has 0 heterocycles. The minimum absolute atomic E-state index is 0. The summed E-state index contributed by atoms with van der Waals surface area (Å²) in [6.45, 7) is 0. The zero-order chi connectivity index (χ0) is 2.00. The zero-order valence-electron chi connectivity index (χ0n) is 1.80. The summed E-state index contributed by atoms with van der Waals surface area (Å²) < 4.78 is 8.25. The predicted molar refractivity (Wildman–Crippen MR) is 0.686 cm³/mol. The van der Waals surface area contributed by atoms with E-state index in [0.29, 0.717) is 0 Å². The Balaban J connectivity index is -0.00000000500. The van der Waals surface area contributed by atoms with Gasteiger partial charge in [0.25, 0.3) is 0 Å². The van der Waals surface area contributed by atoms with Gasteiger partial charge in [-0.2, -0.15) is 0 Å². The van der Waals surface area contributed by atoms with Crippen LogP contribution in [0.1, 0.15) is 0 Å². The van der Waals surface area contributed by atoms with Crippen molar-refractivity contribution in [3.8, 4) is 0 Å². The van der Waals surface area contributed by atoms with Crippen LogP contribution in [0.25, 0.3) is 0 Å². The molecule has 0 bridgehead atoms. The molecule has 0 aromatic rings. The minimum atomic E-state index is 0. The van der Waals surface area contributed by atoms with Gasteiger partial charge in [-0.15, -0.1) is 0 Å². The molecule has 0 saturated heterocycles. The number of hydrogen-bond donors (Lipinski definition) is 0. The number of hydrogen-bond acceptors (Lipinski definition) is 1. The van der Waals surface area contributed by atoms with Gasteiger partial charge in [-0.25, -0.2) is 0 Å². The topological polar surface area (TPSA) is 17.1 Å². The van der Waals surface area contributed by atoms with E-state index in [4.69, 9.17) is 3.32 Å². The van der Waals surface area contributed by atoms with Crippen LogP contribution in [-0.2, 0) is 68.5 Å². The van der Waals surface area contributed by atoms with E-state index in [1.165, 1.54) is 0 Å². The second-order valence-electron chi connectivity index (χ2n) is 0. The first-order chi connectivity index (χ1) is 1.00. The van der Waals surface area contributed by atoms with Crippen molar-refractivity contribution in [2.24, 2.45) is 0 Å². The van der Waals surface area contributed by atoms with Crippen LogP contribution < -0.4 is 0 Å². The summed E-state index contributed by atoms with van der Waals surface area (Å²) >= 11 is 0.750. The fraction of sp³-hybridized carbons (Fsp3) is 0. The van der Waals surface area contributed by atoms with Crippen LogP contribution >= 0.6 is 0 Å².